The van der Waals surface area contributed by atoms with Crippen LogP contribution in [-0.4, -0.2) is 26.3 Å². The van der Waals surface area contributed by atoms with Gasteiger partial charge in [0, 0.05) is 5.41 Å². The molecular formula is C10H16O3. The molecule has 0 amide bonds. The van der Waals surface area contributed by atoms with Gasteiger partial charge in [-0.25, -0.2) is 0 Å². The summed E-state index contributed by atoms with van der Waals surface area (Å²) in [5, 5.41) is 0. The standard InChI is InChI=1S/C10H16O3/c1-12-9(11)5-10(6-13-7-10)8-3-2-4-8/h8H,2-7H2,1H3. The number of hydrogen-bond donors (Lipinski definition) is 0. The third-order valence-corrected chi connectivity index (χ3v) is 3.47. The van der Waals surface area contributed by atoms with Crippen LogP contribution in [-0.2, 0) is 14.3 Å². The molecule has 0 spiro atoms. The van der Waals surface area contributed by atoms with Gasteiger partial charge in [0.05, 0.1) is 26.7 Å². The minimum absolute atomic E-state index is 0.0878. The highest BCUT2D eigenvalue weighted by Crippen LogP contribution is 2.49. The van der Waals surface area contributed by atoms with E-state index in [0.717, 1.165) is 13.2 Å². The molecule has 0 N–H and O–H groups in total. The number of esters is 1. The molecule has 0 aromatic carbocycles. The van der Waals surface area contributed by atoms with E-state index < -0.39 is 0 Å². The fraction of sp³-hybridized carbons (Fsp3) is 0.900. The van der Waals surface area contributed by atoms with Gasteiger partial charge in [0.1, 0.15) is 0 Å². The summed E-state index contributed by atoms with van der Waals surface area (Å²) in [6.07, 6.45) is 4.39. The van der Waals surface area contributed by atoms with Crippen molar-refractivity contribution in [1.29, 1.82) is 0 Å². The highest BCUT2D eigenvalue weighted by molar-refractivity contribution is 5.70. The average Bonchev–Trinajstić information content (AvgIpc) is 1.96. The maximum atomic E-state index is 11.2. The van der Waals surface area contributed by atoms with Crippen LogP contribution in [0.1, 0.15) is 25.7 Å². The van der Waals surface area contributed by atoms with Crippen LogP contribution in [0, 0.1) is 11.3 Å². The molecule has 1 saturated carbocycles. The molecule has 2 fully saturated rings. The Morgan fingerprint density at radius 1 is 1.54 bits per heavy atom. The zero-order chi connectivity index (χ0) is 9.31. The second-order valence-electron chi connectivity index (χ2n) is 4.24. The van der Waals surface area contributed by atoms with Crippen molar-refractivity contribution in [3.05, 3.63) is 0 Å². The van der Waals surface area contributed by atoms with Crippen molar-refractivity contribution >= 4 is 5.97 Å². The quantitative estimate of drug-likeness (QED) is 0.621. The van der Waals surface area contributed by atoms with Crippen molar-refractivity contribution in [3.63, 3.8) is 0 Å². The Bertz CT molecular complexity index is 204. The molecule has 1 saturated heterocycles. The van der Waals surface area contributed by atoms with Gasteiger partial charge in [-0.15, -0.1) is 0 Å². The first-order chi connectivity index (χ1) is 6.27. The zero-order valence-corrected chi connectivity index (χ0v) is 8.04. The summed E-state index contributed by atoms with van der Waals surface area (Å²) in [4.78, 5) is 11.2. The molecule has 2 aliphatic rings. The number of methoxy groups -OCH3 is 1. The molecule has 0 aromatic heterocycles. The van der Waals surface area contributed by atoms with Gasteiger partial charge < -0.3 is 9.47 Å². The number of carbonyl (C=O) groups excluding carboxylic acids is 1. The van der Waals surface area contributed by atoms with Crippen LogP contribution in [0.15, 0.2) is 0 Å². The lowest BCUT2D eigenvalue weighted by molar-refractivity contribution is -0.181. The van der Waals surface area contributed by atoms with Gasteiger partial charge in [0.2, 0.25) is 0 Å². The fourth-order valence-corrected chi connectivity index (χ4v) is 2.23. The maximum Gasteiger partial charge on any atom is 0.306 e. The van der Waals surface area contributed by atoms with Crippen LogP contribution in [0.4, 0.5) is 0 Å². The Hall–Kier alpha value is -0.570. The lowest BCUT2D eigenvalue weighted by Crippen LogP contribution is -2.51. The number of ether oxygens (including phenoxy) is 2. The minimum Gasteiger partial charge on any atom is -0.469 e. The Morgan fingerprint density at radius 2 is 2.23 bits per heavy atom. The molecule has 74 valence electrons. The van der Waals surface area contributed by atoms with Crippen LogP contribution < -0.4 is 0 Å². The minimum atomic E-state index is -0.0878. The predicted octanol–water partition coefficient (Wildman–Crippen LogP) is 1.37. The van der Waals surface area contributed by atoms with E-state index in [9.17, 15) is 4.79 Å². The van der Waals surface area contributed by atoms with E-state index in [-0.39, 0.29) is 11.4 Å². The Labute approximate surface area is 78.4 Å². The molecule has 0 radical (unpaired) electrons. The van der Waals surface area contributed by atoms with E-state index in [2.05, 4.69) is 0 Å². The normalized spacial score (nSPS) is 25.9. The molecule has 3 heteroatoms. The van der Waals surface area contributed by atoms with Gasteiger partial charge in [0.25, 0.3) is 0 Å². The maximum absolute atomic E-state index is 11.2. The van der Waals surface area contributed by atoms with Crippen LogP contribution >= 0.6 is 0 Å². The first-order valence-corrected chi connectivity index (χ1v) is 4.91. The zero-order valence-electron chi connectivity index (χ0n) is 8.04. The van der Waals surface area contributed by atoms with Crippen molar-refractivity contribution in [1.82, 2.24) is 0 Å². The first kappa shape index (κ1) is 9.00. The second kappa shape index (κ2) is 3.29. The largest absolute Gasteiger partial charge is 0.469 e. The third-order valence-electron chi connectivity index (χ3n) is 3.47. The number of rotatable bonds is 3. The van der Waals surface area contributed by atoms with Gasteiger partial charge in [0.15, 0.2) is 0 Å². The molecule has 1 heterocycles. The van der Waals surface area contributed by atoms with Crippen molar-refractivity contribution in [3.8, 4) is 0 Å². The van der Waals surface area contributed by atoms with Gasteiger partial charge in [-0.3, -0.25) is 4.79 Å². The summed E-state index contributed by atoms with van der Waals surface area (Å²) in [5.41, 5.74) is 0.144. The molecule has 0 bridgehead atoms. The molecule has 1 aliphatic carbocycles. The molecule has 13 heavy (non-hydrogen) atoms. The van der Waals surface area contributed by atoms with E-state index in [1.165, 1.54) is 26.4 Å². The summed E-state index contributed by atoms with van der Waals surface area (Å²) in [5.74, 6) is 0.621. The molecule has 0 aromatic rings. The van der Waals surface area contributed by atoms with Crippen molar-refractivity contribution in [2.24, 2.45) is 11.3 Å². The number of carbonyl (C=O) groups is 1. The Kier molecular flexibility index (Phi) is 2.28. The van der Waals surface area contributed by atoms with Crippen molar-refractivity contribution in [2.45, 2.75) is 25.7 Å². The molecule has 1 aliphatic heterocycles. The van der Waals surface area contributed by atoms with Crippen molar-refractivity contribution < 1.29 is 14.3 Å². The summed E-state index contributed by atoms with van der Waals surface area (Å²) < 4.78 is 9.94. The van der Waals surface area contributed by atoms with E-state index >= 15 is 0 Å². The van der Waals surface area contributed by atoms with Gasteiger partial charge in [-0.1, -0.05) is 6.42 Å². The Morgan fingerprint density at radius 3 is 2.54 bits per heavy atom. The highest BCUT2D eigenvalue weighted by atomic mass is 16.5. The average molecular weight is 184 g/mol. The smallest absolute Gasteiger partial charge is 0.306 e. The van der Waals surface area contributed by atoms with Crippen LogP contribution in [0.5, 0.6) is 0 Å². The lowest BCUT2D eigenvalue weighted by Gasteiger charge is -2.50. The molecule has 3 nitrogen and oxygen atoms in total. The van der Waals surface area contributed by atoms with Crippen LogP contribution in [0.25, 0.3) is 0 Å². The third kappa shape index (κ3) is 1.46. The monoisotopic (exact) mass is 184 g/mol. The molecular weight excluding hydrogens is 168 g/mol. The molecule has 0 unspecified atom stereocenters. The number of hydrogen-bond acceptors (Lipinski definition) is 3. The van der Waals surface area contributed by atoms with E-state index in [4.69, 9.17) is 9.47 Å². The van der Waals surface area contributed by atoms with Crippen LogP contribution in [0.3, 0.4) is 0 Å². The van der Waals surface area contributed by atoms with Crippen molar-refractivity contribution in [2.75, 3.05) is 20.3 Å². The highest BCUT2D eigenvalue weighted by Gasteiger charge is 2.49. The summed E-state index contributed by atoms with van der Waals surface area (Å²) >= 11 is 0. The van der Waals surface area contributed by atoms with E-state index in [1.807, 2.05) is 0 Å². The van der Waals surface area contributed by atoms with Gasteiger partial charge in [-0.05, 0) is 18.8 Å². The Balaban J connectivity index is 1.94. The molecule has 2 rings (SSSR count). The SMILES string of the molecule is COC(=O)CC1(C2CCC2)COC1. The lowest BCUT2D eigenvalue weighted by atomic mass is 9.62. The second-order valence-corrected chi connectivity index (χ2v) is 4.24. The molecule has 0 atom stereocenters. The summed E-state index contributed by atoms with van der Waals surface area (Å²) in [7, 11) is 1.45. The fourth-order valence-electron chi connectivity index (χ4n) is 2.23. The van der Waals surface area contributed by atoms with Crippen LogP contribution in [0.2, 0.25) is 0 Å². The van der Waals surface area contributed by atoms with Gasteiger partial charge in [-0.2, -0.15) is 0 Å². The van der Waals surface area contributed by atoms with E-state index in [0.29, 0.717) is 12.3 Å². The predicted molar refractivity (Wildman–Crippen MR) is 47.2 cm³/mol. The summed E-state index contributed by atoms with van der Waals surface area (Å²) in [6.45, 7) is 1.51. The summed E-state index contributed by atoms with van der Waals surface area (Å²) in [6, 6.07) is 0. The van der Waals surface area contributed by atoms with Gasteiger partial charge >= 0.3 is 5.97 Å². The topological polar surface area (TPSA) is 35.5 Å². The first-order valence-electron chi connectivity index (χ1n) is 4.91. The van der Waals surface area contributed by atoms with E-state index in [1.54, 1.807) is 0 Å².